The topological polar surface area (TPSA) is 33.0 Å². The molecule has 1 aliphatic heterocycles. The molecular formula is C10H13NO. The Kier molecular flexibility index (Phi) is 1.90. The molecule has 1 saturated carbocycles. The summed E-state index contributed by atoms with van der Waals surface area (Å²) in [5, 5.41) is 8.44. The van der Waals surface area contributed by atoms with Gasteiger partial charge in [0.25, 0.3) is 0 Å². The van der Waals surface area contributed by atoms with Crippen molar-refractivity contribution >= 4 is 0 Å². The summed E-state index contributed by atoms with van der Waals surface area (Å²) in [7, 11) is 0. The molecule has 0 bridgehead atoms. The van der Waals surface area contributed by atoms with E-state index in [2.05, 4.69) is 6.07 Å². The lowest BCUT2D eigenvalue weighted by atomic mass is 9.61. The normalized spacial score (nSPS) is 26.1. The van der Waals surface area contributed by atoms with Gasteiger partial charge in [0.15, 0.2) is 0 Å². The molecular weight excluding hydrogens is 150 g/mol. The maximum absolute atomic E-state index is 8.44. The zero-order chi connectivity index (χ0) is 8.44. The van der Waals surface area contributed by atoms with Crippen molar-refractivity contribution in [2.75, 3.05) is 13.2 Å². The lowest BCUT2D eigenvalue weighted by Gasteiger charge is -2.46. The van der Waals surface area contributed by atoms with Crippen LogP contribution in [0.3, 0.4) is 0 Å². The first kappa shape index (κ1) is 7.82. The molecule has 0 unspecified atom stereocenters. The van der Waals surface area contributed by atoms with E-state index >= 15 is 0 Å². The molecule has 1 spiro atoms. The average molecular weight is 163 g/mol. The van der Waals surface area contributed by atoms with Gasteiger partial charge in [-0.15, -0.1) is 0 Å². The predicted molar refractivity (Wildman–Crippen MR) is 45.4 cm³/mol. The minimum Gasteiger partial charge on any atom is -0.381 e. The van der Waals surface area contributed by atoms with Crippen molar-refractivity contribution in [3.05, 3.63) is 11.6 Å². The molecule has 0 N–H and O–H groups in total. The molecule has 0 atom stereocenters. The van der Waals surface area contributed by atoms with Crippen molar-refractivity contribution < 1.29 is 4.74 Å². The van der Waals surface area contributed by atoms with Gasteiger partial charge >= 0.3 is 0 Å². The Morgan fingerprint density at radius 1 is 1.33 bits per heavy atom. The summed E-state index contributed by atoms with van der Waals surface area (Å²) < 4.78 is 5.31. The third-order valence-corrected chi connectivity index (χ3v) is 3.03. The minimum absolute atomic E-state index is 0.529. The minimum atomic E-state index is 0.529. The van der Waals surface area contributed by atoms with Gasteiger partial charge in [-0.2, -0.15) is 5.26 Å². The van der Waals surface area contributed by atoms with Gasteiger partial charge in [0.1, 0.15) is 0 Å². The molecule has 1 saturated heterocycles. The van der Waals surface area contributed by atoms with E-state index in [-0.39, 0.29) is 0 Å². The summed E-state index contributed by atoms with van der Waals surface area (Å²) >= 11 is 0. The van der Waals surface area contributed by atoms with Crippen LogP contribution in [0.1, 0.15) is 25.7 Å². The third kappa shape index (κ3) is 1.25. The van der Waals surface area contributed by atoms with Crippen LogP contribution in [0.2, 0.25) is 0 Å². The Bertz CT molecular complexity index is 233. The van der Waals surface area contributed by atoms with E-state index < -0.39 is 0 Å². The maximum atomic E-state index is 8.44. The van der Waals surface area contributed by atoms with Crippen LogP contribution in [0, 0.1) is 16.7 Å². The van der Waals surface area contributed by atoms with Crippen molar-refractivity contribution in [3.8, 4) is 6.07 Å². The van der Waals surface area contributed by atoms with Crippen molar-refractivity contribution in [1.82, 2.24) is 0 Å². The molecule has 0 amide bonds. The van der Waals surface area contributed by atoms with E-state index in [1.54, 1.807) is 6.08 Å². The highest BCUT2D eigenvalue weighted by Crippen LogP contribution is 2.51. The molecule has 0 aromatic carbocycles. The molecule has 0 aromatic heterocycles. The number of nitrogens with zero attached hydrogens (tertiary/aromatic N) is 1. The summed E-state index contributed by atoms with van der Waals surface area (Å²) in [5.41, 5.74) is 1.86. The van der Waals surface area contributed by atoms with Crippen LogP contribution in [-0.4, -0.2) is 13.2 Å². The summed E-state index contributed by atoms with van der Waals surface area (Å²) in [6.07, 6.45) is 6.38. The largest absolute Gasteiger partial charge is 0.381 e. The first-order chi connectivity index (χ1) is 5.85. The SMILES string of the molecule is N#CC=C1CC2(CCOCC2)C1. The quantitative estimate of drug-likeness (QED) is 0.512. The molecule has 2 nitrogen and oxygen atoms in total. The molecule has 12 heavy (non-hydrogen) atoms. The Balaban J connectivity index is 1.93. The van der Waals surface area contributed by atoms with Crippen LogP contribution in [0.15, 0.2) is 11.6 Å². The zero-order valence-corrected chi connectivity index (χ0v) is 7.18. The van der Waals surface area contributed by atoms with Gasteiger partial charge in [-0.05, 0) is 31.1 Å². The van der Waals surface area contributed by atoms with Gasteiger partial charge in [0.05, 0.1) is 6.07 Å². The second kappa shape index (κ2) is 2.91. The van der Waals surface area contributed by atoms with Gasteiger partial charge < -0.3 is 4.74 Å². The van der Waals surface area contributed by atoms with Crippen LogP contribution in [0.25, 0.3) is 0 Å². The lowest BCUT2D eigenvalue weighted by Crippen LogP contribution is -2.37. The summed E-state index contributed by atoms with van der Waals surface area (Å²) in [4.78, 5) is 0. The molecule has 2 heteroatoms. The molecule has 1 heterocycles. The molecule has 2 fully saturated rings. The maximum Gasteiger partial charge on any atom is 0.0911 e. The molecule has 0 radical (unpaired) electrons. The molecule has 64 valence electrons. The second-order valence-corrected chi connectivity index (χ2v) is 3.90. The average Bonchev–Trinajstić information content (AvgIpc) is 2.04. The Labute approximate surface area is 72.8 Å². The monoisotopic (exact) mass is 163 g/mol. The molecule has 1 aliphatic carbocycles. The third-order valence-electron chi connectivity index (χ3n) is 3.03. The van der Waals surface area contributed by atoms with Gasteiger partial charge in [-0.1, -0.05) is 5.57 Å². The Hall–Kier alpha value is -0.810. The smallest absolute Gasteiger partial charge is 0.0911 e. The van der Waals surface area contributed by atoms with Crippen molar-refractivity contribution in [1.29, 1.82) is 5.26 Å². The molecule has 2 aliphatic rings. The molecule has 2 rings (SSSR count). The lowest BCUT2D eigenvalue weighted by molar-refractivity contribution is -0.00564. The number of hydrogen-bond donors (Lipinski definition) is 0. The summed E-state index contributed by atoms with van der Waals surface area (Å²) in [6, 6.07) is 2.10. The van der Waals surface area contributed by atoms with Crippen LogP contribution in [0.5, 0.6) is 0 Å². The summed E-state index contributed by atoms with van der Waals surface area (Å²) in [5.74, 6) is 0. The van der Waals surface area contributed by atoms with Crippen LogP contribution < -0.4 is 0 Å². The van der Waals surface area contributed by atoms with Crippen LogP contribution in [-0.2, 0) is 4.74 Å². The first-order valence-corrected chi connectivity index (χ1v) is 4.50. The fourth-order valence-electron chi connectivity index (χ4n) is 2.26. The van der Waals surface area contributed by atoms with Crippen LogP contribution >= 0.6 is 0 Å². The summed E-state index contributed by atoms with van der Waals surface area (Å²) in [6.45, 7) is 1.83. The van der Waals surface area contributed by atoms with Crippen molar-refractivity contribution in [2.45, 2.75) is 25.7 Å². The number of hydrogen-bond acceptors (Lipinski definition) is 2. The first-order valence-electron chi connectivity index (χ1n) is 4.50. The van der Waals surface area contributed by atoms with E-state index in [0.29, 0.717) is 5.41 Å². The van der Waals surface area contributed by atoms with E-state index in [9.17, 15) is 0 Å². The number of rotatable bonds is 0. The Morgan fingerprint density at radius 3 is 2.58 bits per heavy atom. The predicted octanol–water partition coefficient (Wildman–Crippen LogP) is 2.03. The van der Waals surface area contributed by atoms with E-state index in [1.165, 1.54) is 18.4 Å². The number of allylic oxidation sites excluding steroid dienone is 2. The van der Waals surface area contributed by atoms with Gasteiger partial charge in [-0.25, -0.2) is 0 Å². The highest BCUT2D eigenvalue weighted by Gasteiger charge is 2.41. The second-order valence-electron chi connectivity index (χ2n) is 3.90. The van der Waals surface area contributed by atoms with Gasteiger partial charge in [0, 0.05) is 19.3 Å². The zero-order valence-electron chi connectivity index (χ0n) is 7.18. The number of nitriles is 1. The van der Waals surface area contributed by atoms with E-state index in [4.69, 9.17) is 10.00 Å². The standard InChI is InChI=1S/C10H13NO/c11-4-1-9-7-10(8-9)2-5-12-6-3-10/h1H,2-3,5-8H2. The van der Waals surface area contributed by atoms with Crippen LogP contribution in [0.4, 0.5) is 0 Å². The highest BCUT2D eigenvalue weighted by atomic mass is 16.5. The van der Waals surface area contributed by atoms with E-state index in [0.717, 1.165) is 26.1 Å². The Morgan fingerprint density at radius 2 is 2.00 bits per heavy atom. The fraction of sp³-hybridized carbons (Fsp3) is 0.700. The van der Waals surface area contributed by atoms with Gasteiger partial charge in [-0.3, -0.25) is 0 Å². The van der Waals surface area contributed by atoms with Gasteiger partial charge in [0.2, 0.25) is 0 Å². The number of ether oxygens (including phenoxy) is 1. The fourth-order valence-corrected chi connectivity index (χ4v) is 2.26. The van der Waals surface area contributed by atoms with Crippen molar-refractivity contribution in [2.24, 2.45) is 5.41 Å². The van der Waals surface area contributed by atoms with Crippen molar-refractivity contribution in [3.63, 3.8) is 0 Å². The highest BCUT2D eigenvalue weighted by molar-refractivity contribution is 5.24. The van der Waals surface area contributed by atoms with E-state index in [1.807, 2.05) is 0 Å². The molecule has 0 aromatic rings.